The standard InChI is InChI=1S/C11H11ClO2/c1-3-6-14-11-5-4-9(12)7-10(11)8(2)13/h1,4-5,7-8,13H,6H2,2H3. The molecule has 1 atom stereocenters. The quantitative estimate of drug-likeness (QED) is 0.777. The predicted molar refractivity (Wildman–Crippen MR) is 56.4 cm³/mol. The molecule has 14 heavy (non-hydrogen) atoms. The van der Waals surface area contributed by atoms with Crippen LogP contribution in [0.1, 0.15) is 18.6 Å². The summed E-state index contributed by atoms with van der Waals surface area (Å²) < 4.78 is 5.25. The average Bonchev–Trinajstić information content (AvgIpc) is 2.15. The Labute approximate surface area is 88.5 Å². The lowest BCUT2D eigenvalue weighted by molar-refractivity contribution is 0.193. The van der Waals surface area contributed by atoms with E-state index in [1.54, 1.807) is 25.1 Å². The lowest BCUT2D eigenvalue weighted by Crippen LogP contribution is -2.00. The van der Waals surface area contributed by atoms with Gasteiger partial charge in [0.25, 0.3) is 0 Å². The molecule has 0 radical (unpaired) electrons. The van der Waals surface area contributed by atoms with Crippen molar-refractivity contribution in [3.05, 3.63) is 28.8 Å². The van der Waals surface area contributed by atoms with E-state index in [1.807, 2.05) is 0 Å². The van der Waals surface area contributed by atoms with Gasteiger partial charge >= 0.3 is 0 Å². The maximum Gasteiger partial charge on any atom is 0.148 e. The average molecular weight is 211 g/mol. The summed E-state index contributed by atoms with van der Waals surface area (Å²) in [5, 5.41) is 10.0. The Balaban J connectivity index is 2.97. The second kappa shape index (κ2) is 4.90. The molecule has 74 valence electrons. The molecule has 1 rings (SSSR count). The van der Waals surface area contributed by atoms with Crippen LogP contribution in [-0.2, 0) is 0 Å². The minimum atomic E-state index is -0.624. The number of benzene rings is 1. The van der Waals surface area contributed by atoms with Crippen LogP contribution < -0.4 is 4.74 Å². The van der Waals surface area contributed by atoms with Crippen LogP contribution in [0, 0.1) is 12.3 Å². The fourth-order valence-corrected chi connectivity index (χ4v) is 1.28. The first-order chi connectivity index (χ1) is 6.65. The van der Waals surface area contributed by atoms with Crippen LogP contribution in [0.3, 0.4) is 0 Å². The van der Waals surface area contributed by atoms with E-state index in [2.05, 4.69) is 5.92 Å². The van der Waals surface area contributed by atoms with Crippen molar-refractivity contribution in [2.24, 2.45) is 0 Å². The topological polar surface area (TPSA) is 29.5 Å². The molecule has 0 fully saturated rings. The van der Waals surface area contributed by atoms with E-state index in [0.29, 0.717) is 16.3 Å². The maximum absolute atomic E-state index is 9.44. The summed E-state index contributed by atoms with van der Waals surface area (Å²) in [5.74, 6) is 2.93. The largest absolute Gasteiger partial charge is 0.481 e. The van der Waals surface area contributed by atoms with Crippen LogP contribution >= 0.6 is 11.6 Å². The van der Waals surface area contributed by atoms with Crippen LogP contribution in [0.5, 0.6) is 5.75 Å². The molecule has 0 spiro atoms. The summed E-state index contributed by atoms with van der Waals surface area (Å²) in [4.78, 5) is 0. The smallest absolute Gasteiger partial charge is 0.148 e. The maximum atomic E-state index is 9.44. The third-order valence-corrected chi connectivity index (χ3v) is 1.97. The van der Waals surface area contributed by atoms with Crippen molar-refractivity contribution in [2.75, 3.05) is 6.61 Å². The molecule has 1 aromatic rings. The Bertz CT molecular complexity index is 353. The normalized spacial score (nSPS) is 11.9. The van der Waals surface area contributed by atoms with Gasteiger partial charge in [0.15, 0.2) is 0 Å². The number of ether oxygens (including phenoxy) is 1. The molecule has 0 amide bonds. The molecule has 0 saturated heterocycles. The van der Waals surface area contributed by atoms with Gasteiger partial charge in [-0.15, -0.1) is 6.42 Å². The van der Waals surface area contributed by atoms with Crippen molar-refractivity contribution >= 4 is 11.6 Å². The van der Waals surface area contributed by atoms with E-state index >= 15 is 0 Å². The molecular weight excluding hydrogens is 200 g/mol. The number of terminal acetylenes is 1. The molecular formula is C11H11ClO2. The van der Waals surface area contributed by atoms with Crippen molar-refractivity contribution in [3.8, 4) is 18.1 Å². The minimum Gasteiger partial charge on any atom is -0.481 e. The van der Waals surface area contributed by atoms with Crippen LogP contribution in [0.2, 0.25) is 5.02 Å². The Morgan fingerprint density at radius 1 is 1.64 bits per heavy atom. The molecule has 1 unspecified atom stereocenters. The number of halogens is 1. The predicted octanol–water partition coefficient (Wildman–Crippen LogP) is 2.41. The van der Waals surface area contributed by atoms with E-state index < -0.39 is 6.10 Å². The van der Waals surface area contributed by atoms with Gasteiger partial charge in [0.2, 0.25) is 0 Å². The Morgan fingerprint density at radius 3 is 2.93 bits per heavy atom. The van der Waals surface area contributed by atoms with Gasteiger partial charge in [0.05, 0.1) is 6.10 Å². The van der Waals surface area contributed by atoms with Crippen molar-refractivity contribution in [1.29, 1.82) is 0 Å². The van der Waals surface area contributed by atoms with Crippen molar-refractivity contribution in [2.45, 2.75) is 13.0 Å². The second-order valence-electron chi connectivity index (χ2n) is 2.85. The highest BCUT2D eigenvalue weighted by Crippen LogP contribution is 2.28. The van der Waals surface area contributed by atoms with Gasteiger partial charge in [-0.2, -0.15) is 0 Å². The zero-order chi connectivity index (χ0) is 10.6. The molecule has 0 aliphatic heterocycles. The summed E-state index contributed by atoms with van der Waals surface area (Å²) in [6.45, 7) is 1.83. The van der Waals surface area contributed by atoms with Crippen LogP contribution in [-0.4, -0.2) is 11.7 Å². The summed E-state index contributed by atoms with van der Waals surface area (Å²) in [6.07, 6.45) is 4.45. The highest BCUT2D eigenvalue weighted by Gasteiger charge is 2.09. The summed E-state index contributed by atoms with van der Waals surface area (Å²) in [7, 11) is 0. The molecule has 0 saturated carbocycles. The van der Waals surface area contributed by atoms with Crippen LogP contribution in [0.15, 0.2) is 18.2 Å². The molecule has 3 heteroatoms. The zero-order valence-electron chi connectivity index (χ0n) is 7.83. The summed E-state index contributed by atoms with van der Waals surface area (Å²) >= 11 is 5.79. The number of aliphatic hydroxyl groups is 1. The van der Waals surface area contributed by atoms with E-state index in [4.69, 9.17) is 22.8 Å². The first-order valence-corrected chi connectivity index (χ1v) is 4.56. The van der Waals surface area contributed by atoms with Gasteiger partial charge in [-0.3, -0.25) is 0 Å². The van der Waals surface area contributed by atoms with Gasteiger partial charge in [0, 0.05) is 10.6 Å². The fraction of sp³-hybridized carbons (Fsp3) is 0.273. The second-order valence-corrected chi connectivity index (χ2v) is 3.29. The van der Waals surface area contributed by atoms with E-state index in [9.17, 15) is 5.11 Å². The Kier molecular flexibility index (Phi) is 3.82. The minimum absolute atomic E-state index is 0.182. The number of rotatable bonds is 3. The lowest BCUT2D eigenvalue weighted by Gasteiger charge is -2.11. The number of aliphatic hydroxyl groups excluding tert-OH is 1. The first kappa shape index (κ1) is 10.9. The zero-order valence-corrected chi connectivity index (χ0v) is 8.58. The molecule has 0 heterocycles. The van der Waals surface area contributed by atoms with Crippen molar-refractivity contribution in [1.82, 2.24) is 0 Å². The fourth-order valence-electron chi connectivity index (χ4n) is 1.10. The van der Waals surface area contributed by atoms with Crippen molar-refractivity contribution in [3.63, 3.8) is 0 Å². The summed E-state index contributed by atoms with van der Waals surface area (Å²) in [6, 6.07) is 5.05. The molecule has 0 aliphatic rings. The van der Waals surface area contributed by atoms with Gasteiger partial charge in [-0.1, -0.05) is 17.5 Å². The third kappa shape index (κ3) is 2.66. The molecule has 1 aromatic carbocycles. The van der Waals surface area contributed by atoms with Gasteiger partial charge in [-0.05, 0) is 25.1 Å². The monoisotopic (exact) mass is 210 g/mol. The third-order valence-electron chi connectivity index (χ3n) is 1.73. The van der Waals surface area contributed by atoms with Crippen molar-refractivity contribution < 1.29 is 9.84 Å². The molecule has 2 nitrogen and oxygen atoms in total. The Hall–Kier alpha value is -1.17. The molecule has 1 N–H and O–H groups in total. The van der Waals surface area contributed by atoms with Crippen LogP contribution in [0.4, 0.5) is 0 Å². The van der Waals surface area contributed by atoms with Gasteiger partial charge in [0.1, 0.15) is 12.4 Å². The first-order valence-electron chi connectivity index (χ1n) is 4.19. The van der Waals surface area contributed by atoms with Crippen LogP contribution in [0.25, 0.3) is 0 Å². The Morgan fingerprint density at radius 2 is 2.36 bits per heavy atom. The van der Waals surface area contributed by atoms with E-state index in [1.165, 1.54) is 0 Å². The van der Waals surface area contributed by atoms with Gasteiger partial charge < -0.3 is 9.84 Å². The molecule has 0 aromatic heterocycles. The number of hydrogen-bond donors (Lipinski definition) is 1. The lowest BCUT2D eigenvalue weighted by atomic mass is 10.1. The molecule has 0 bridgehead atoms. The van der Waals surface area contributed by atoms with Gasteiger partial charge in [-0.25, -0.2) is 0 Å². The highest BCUT2D eigenvalue weighted by atomic mass is 35.5. The summed E-state index contributed by atoms with van der Waals surface area (Å²) in [5.41, 5.74) is 0.646. The highest BCUT2D eigenvalue weighted by molar-refractivity contribution is 6.30. The SMILES string of the molecule is C#CCOc1ccc(Cl)cc1C(C)O. The van der Waals surface area contributed by atoms with E-state index in [0.717, 1.165) is 0 Å². The van der Waals surface area contributed by atoms with E-state index in [-0.39, 0.29) is 6.61 Å². The molecule has 0 aliphatic carbocycles. The number of hydrogen-bond acceptors (Lipinski definition) is 2.